The molecule has 1 aromatic carbocycles. The van der Waals surface area contributed by atoms with Crippen molar-refractivity contribution in [1.29, 1.82) is 0 Å². The first-order valence-electron chi connectivity index (χ1n) is 24.5. The largest absolute Gasteiger partial charge is 0.481 e. The van der Waals surface area contributed by atoms with E-state index >= 15 is 0 Å². The summed E-state index contributed by atoms with van der Waals surface area (Å²) >= 11 is 6.79. The second-order valence-corrected chi connectivity index (χ2v) is 20.9. The van der Waals surface area contributed by atoms with E-state index in [-0.39, 0.29) is 84.4 Å². The maximum atomic E-state index is 14.7. The highest BCUT2D eigenvalue weighted by Crippen LogP contribution is 2.32. The van der Waals surface area contributed by atoms with Gasteiger partial charge in [-0.25, -0.2) is 0 Å². The number of rotatable bonds is 33. The van der Waals surface area contributed by atoms with Gasteiger partial charge in [-0.05, 0) is 55.4 Å². The minimum absolute atomic E-state index is 0.0307. The molecule has 1 aromatic rings. The molecule has 2 rings (SSSR count). The Labute approximate surface area is 418 Å². The number of alkyl halides is 2. The van der Waals surface area contributed by atoms with E-state index in [4.69, 9.17) is 9.47 Å². The molecule has 0 aromatic heterocycles. The van der Waals surface area contributed by atoms with E-state index in [9.17, 15) is 38.7 Å². The van der Waals surface area contributed by atoms with Crippen molar-refractivity contribution in [2.24, 2.45) is 41.4 Å². The van der Waals surface area contributed by atoms with Gasteiger partial charge in [0.1, 0.15) is 11.6 Å². The molecule has 0 saturated carbocycles. The van der Waals surface area contributed by atoms with Gasteiger partial charge in [-0.3, -0.25) is 33.6 Å². The first-order chi connectivity index (χ1) is 31.7. The van der Waals surface area contributed by atoms with Gasteiger partial charge in [-0.2, -0.15) is 0 Å². The average Bonchev–Trinajstić information content (AvgIpc) is 3.78. The zero-order valence-corrected chi connectivity index (χ0v) is 45.5. The Morgan fingerprint density at radius 2 is 1.37 bits per heavy atom. The maximum absolute atomic E-state index is 14.7. The van der Waals surface area contributed by atoms with Gasteiger partial charge < -0.3 is 29.3 Å². The summed E-state index contributed by atoms with van der Waals surface area (Å²) in [5, 5.41) is 11.3. The average molecular weight is 1070 g/mol. The number of likely N-dealkylation sites (N-methyl/N-ethyl adjacent to an activating group) is 2. The Kier molecular flexibility index (Phi) is 27.4. The molecule has 1 fully saturated rings. The fourth-order valence-electron chi connectivity index (χ4n) is 9.83. The predicted octanol–water partition coefficient (Wildman–Crippen LogP) is 8.84. The van der Waals surface area contributed by atoms with Crippen molar-refractivity contribution in [2.75, 3.05) is 45.5 Å². The number of aliphatic carboxylic acids is 1. The summed E-state index contributed by atoms with van der Waals surface area (Å²) in [5.41, 5.74) is 0.835. The molecule has 0 spiro atoms. The number of ether oxygens (including phenoxy) is 2. The zero-order chi connectivity index (χ0) is 50.5. The van der Waals surface area contributed by atoms with Crippen LogP contribution in [0.3, 0.4) is 0 Å². The Morgan fingerprint density at radius 1 is 0.761 bits per heavy atom. The Bertz CT molecular complexity index is 1730. The summed E-state index contributed by atoms with van der Waals surface area (Å²) in [6.07, 6.45) is 4.53. The summed E-state index contributed by atoms with van der Waals surface area (Å²) in [4.78, 5) is 100.0. The molecule has 1 aliphatic rings. The van der Waals surface area contributed by atoms with Gasteiger partial charge in [0.2, 0.25) is 17.7 Å². The SMILES string of the molecule is CC[C@H](C)[C@@H]([C@@H](CC(=O)N1CCC[C@H]1[C@H](OC)[C@@H](C)C(=O)C[C@@H](Cc1ccccc1)C(=O)O)OC)N(C)C(=O)[C@@H](CC(=O)[C@H](C(C)C)N(C)C(=O)CCCCCCC(=O)C(CBr)CBr)C(C)C. The summed E-state index contributed by atoms with van der Waals surface area (Å²) < 4.78 is 12.0. The number of hydrogen-bond donors (Lipinski definition) is 1. The summed E-state index contributed by atoms with van der Waals surface area (Å²) in [5.74, 6) is -4.53. The number of benzene rings is 1. The number of amides is 3. The Balaban J connectivity index is 2.19. The highest BCUT2D eigenvalue weighted by atomic mass is 79.9. The molecule has 0 bridgehead atoms. The second kappa shape index (κ2) is 30.6. The standard InChI is InChI=1S/C52H83Br2N3O10/c1-12-35(6)49(45(66-10)30-47(62)57-26-20-23-41(57)50(67-11)36(7)43(59)28-38(52(64)65)27-37-21-16-15-17-22-37)56(9)51(63)40(33(2)3)29-44(60)48(34(4)5)55(8)46(61)25-19-14-13-18-24-42(58)39(31-53)32-54/h15-17,21-22,33-36,38-41,45,48-50H,12-14,18-20,23-32H2,1-11H3,(H,64,65)/t35-,36-,38+,40-,41-,45+,48-,49-,50+/m0/s1. The van der Waals surface area contributed by atoms with Crippen LogP contribution in [0.15, 0.2) is 30.3 Å². The number of Topliss-reactive ketones (excluding diaryl/α,β-unsaturated/α-hetero) is 3. The van der Waals surface area contributed by atoms with Crippen molar-refractivity contribution in [3.63, 3.8) is 0 Å². The van der Waals surface area contributed by atoms with Gasteiger partial charge in [-0.1, -0.05) is 130 Å². The van der Waals surface area contributed by atoms with Crippen molar-refractivity contribution >= 4 is 72.9 Å². The first-order valence-corrected chi connectivity index (χ1v) is 26.8. The Morgan fingerprint density at radius 3 is 1.90 bits per heavy atom. The molecule has 1 N–H and O–H groups in total. The topological polar surface area (TPSA) is 168 Å². The van der Waals surface area contributed by atoms with Crippen LogP contribution in [0.4, 0.5) is 0 Å². The summed E-state index contributed by atoms with van der Waals surface area (Å²) in [6, 6.07) is 7.59. The van der Waals surface area contributed by atoms with Gasteiger partial charge in [-0.15, -0.1) is 0 Å². The van der Waals surface area contributed by atoms with Crippen LogP contribution >= 0.6 is 31.9 Å². The van der Waals surface area contributed by atoms with Crippen molar-refractivity contribution < 1.29 is 48.1 Å². The molecule has 0 unspecified atom stereocenters. The van der Waals surface area contributed by atoms with Crippen molar-refractivity contribution in [3.05, 3.63) is 35.9 Å². The lowest BCUT2D eigenvalue weighted by molar-refractivity contribution is -0.150. The number of unbranched alkanes of at least 4 members (excludes halogenated alkanes) is 3. The van der Waals surface area contributed by atoms with Crippen LogP contribution in [-0.2, 0) is 49.5 Å². The van der Waals surface area contributed by atoms with E-state index < -0.39 is 54.1 Å². The molecule has 13 nitrogen and oxygen atoms in total. The minimum Gasteiger partial charge on any atom is -0.481 e. The third-order valence-corrected chi connectivity index (χ3v) is 15.7. The number of likely N-dealkylation sites (tertiary alicyclic amines) is 1. The molecule has 0 radical (unpaired) electrons. The smallest absolute Gasteiger partial charge is 0.307 e. The van der Waals surface area contributed by atoms with E-state index in [1.165, 1.54) is 14.2 Å². The van der Waals surface area contributed by atoms with Crippen LogP contribution in [0.1, 0.15) is 131 Å². The van der Waals surface area contributed by atoms with Gasteiger partial charge >= 0.3 is 5.97 Å². The third-order valence-electron chi connectivity index (χ3n) is 14.2. The molecule has 3 amide bonds. The van der Waals surface area contributed by atoms with Crippen LogP contribution in [0, 0.1) is 41.4 Å². The van der Waals surface area contributed by atoms with Crippen LogP contribution < -0.4 is 0 Å². The molecule has 380 valence electrons. The van der Waals surface area contributed by atoms with Crippen LogP contribution in [0.25, 0.3) is 0 Å². The van der Waals surface area contributed by atoms with Gasteiger partial charge in [0.25, 0.3) is 0 Å². The lowest BCUT2D eigenvalue weighted by atomic mass is 9.83. The fraction of sp³-hybridized carbons (Fsp3) is 0.750. The highest BCUT2D eigenvalue weighted by molar-refractivity contribution is 9.09. The number of methoxy groups -OCH3 is 2. The lowest BCUT2D eigenvalue weighted by Crippen LogP contribution is -2.54. The monoisotopic (exact) mass is 1070 g/mol. The first kappa shape index (κ1) is 60.1. The number of halogens is 2. The van der Waals surface area contributed by atoms with Gasteiger partial charge in [0, 0.05) is 89.0 Å². The number of nitrogens with zero attached hydrogens (tertiary/aromatic N) is 3. The molecule has 15 heteroatoms. The lowest BCUT2D eigenvalue weighted by Gasteiger charge is -2.41. The van der Waals surface area contributed by atoms with Crippen molar-refractivity contribution in [2.45, 2.75) is 162 Å². The quantitative estimate of drug-likeness (QED) is 0.0531. The predicted molar refractivity (Wildman–Crippen MR) is 270 cm³/mol. The van der Waals surface area contributed by atoms with Crippen LogP contribution in [0.5, 0.6) is 0 Å². The zero-order valence-electron chi connectivity index (χ0n) is 42.3. The molecule has 9 atom stereocenters. The number of carbonyl (C=O) groups is 7. The number of carbonyl (C=O) groups excluding carboxylic acids is 6. The molecule has 1 aliphatic heterocycles. The number of hydrogen-bond acceptors (Lipinski definition) is 9. The van der Waals surface area contributed by atoms with Crippen LogP contribution in [0.2, 0.25) is 0 Å². The molecule has 0 aliphatic carbocycles. The normalized spacial score (nSPS) is 17.7. The molecule has 1 saturated heterocycles. The summed E-state index contributed by atoms with van der Waals surface area (Å²) in [7, 11) is 6.44. The minimum atomic E-state index is -1.04. The summed E-state index contributed by atoms with van der Waals surface area (Å²) in [6.45, 7) is 13.9. The van der Waals surface area contributed by atoms with Crippen LogP contribution in [-0.4, -0.2) is 137 Å². The van der Waals surface area contributed by atoms with Gasteiger partial charge in [0.15, 0.2) is 5.78 Å². The molecular weight excluding hydrogens is 986 g/mol. The molecule has 1 heterocycles. The highest BCUT2D eigenvalue weighted by Gasteiger charge is 2.44. The number of carboxylic acids is 1. The third kappa shape index (κ3) is 18.0. The number of ketones is 3. The van der Waals surface area contributed by atoms with Gasteiger partial charge in [0.05, 0.1) is 42.7 Å². The van der Waals surface area contributed by atoms with Crippen molar-refractivity contribution in [1.82, 2.24) is 14.7 Å². The molecule has 67 heavy (non-hydrogen) atoms. The van der Waals surface area contributed by atoms with E-state index in [2.05, 4.69) is 31.9 Å². The van der Waals surface area contributed by atoms with Crippen molar-refractivity contribution in [3.8, 4) is 0 Å². The maximum Gasteiger partial charge on any atom is 0.307 e. The Hall–Kier alpha value is -3.01. The number of carboxylic acid groups (broad SMARTS) is 1. The van der Waals surface area contributed by atoms with E-state index in [1.807, 2.05) is 71.9 Å². The fourth-order valence-corrected chi connectivity index (χ4v) is 11.6. The molecular formula is C52H83Br2N3O10. The van der Waals surface area contributed by atoms with E-state index in [0.717, 1.165) is 24.8 Å². The van der Waals surface area contributed by atoms with E-state index in [0.29, 0.717) is 55.7 Å². The van der Waals surface area contributed by atoms with E-state index in [1.54, 1.807) is 35.7 Å². The second-order valence-electron chi connectivity index (χ2n) is 19.6.